The largest absolute Gasteiger partial charge is 0.505 e. The molecule has 0 bridgehead atoms. The van der Waals surface area contributed by atoms with Crippen molar-refractivity contribution < 1.29 is 24.2 Å². The van der Waals surface area contributed by atoms with Crippen molar-refractivity contribution in [1.82, 2.24) is 10.2 Å². The number of phenols is 1. The maximum atomic E-state index is 13.5. The summed E-state index contributed by atoms with van der Waals surface area (Å²) < 4.78 is 13.5. The van der Waals surface area contributed by atoms with Crippen LogP contribution >= 0.6 is 0 Å². The highest BCUT2D eigenvalue weighted by Crippen LogP contribution is 2.37. The Morgan fingerprint density at radius 3 is 2.91 bits per heavy atom. The van der Waals surface area contributed by atoms with E-state index >= 15 is 0 Å². The van der Waals surface area contributed by atoms with Gasteiger partial charge in [0.05, 0.1) is 11.5 Å². The SMILES string of the molecule is O=C(c1ccc(O)c(F)c1)N1CC[C@@H](O)[C@@]2(CCCNC2=O)C1. The number of likely N-dealkylation sites (tertiary alicyclic amines) is 1. The molecule has 0 unspecified atom stereocenters. The minimum Gasteiger partial charge on any atom is -0.505 e. The molecule has 124 valence electrons. The Bertz CT molecular complexity index is 651. The summed E-state index contributed by atoms with van der Waals surface area (Å²) in [6.45, 7) is 0.989. The fraction of sp³-hybridized carbons (Fsp3) is 0.500. The normalized spacial score (nSPS) is 27.8. The molecule has 23 heavy (non-hydrogen) atoms. The van der Waals surface area contributed by atoms with Gasteiger partial charge in [0.25, 0.3) is 5.91 Å². The molecule has 7 heteroatoms. The number of aliphatic hydroxyl groups is 1. The molecule has 3 rings (SSSR count). The molecule has 1 spiro atoms. The third-order valence-corrected chi connectivity index (χ3v) is 4.80. The Kier molecular flexibility index (Phi) is 3.97. The van der Waals surface area contributed by atoms with Crippen molar-refractivity contribution in [2.75, 3.05) is 19.6 Å². The highest BCUT2D eigenvalue weighted by Gasteiger charge is 2.50. The summed E-state index contributed by atoms with van der Waals surface area (Å²) in [7, 11) is 0. The van der Waals surface area contributed by atoms with E-state index in [0.29, 0.717) is 25.9 Å². The Labute approximate surface area is 132 Å². The minimum absolute atomic E-state index is 0.112. The maximum absolute atomic E-state index is 13.5. The molecule has 2 aliphatic heterocycles. The lowest BCUT2D eigenvalue weighted by Crippen LogP contribution is -2.62. The number of halogens is 1. The fourth-order valence-electron chi connectivity index (χ4n) is 3.44. The van der Waals surface area contributed by atoms with Crippen LogP contribution in [0.15, 0.2) is 18.2 Å². The van der Waals surface area contributed by atoms with E-state index in [1.165, 1.54) is 11.0 Å². The summed E-state index contributed by atoms with van der Waals surface area (Å²) in [4.78, 5) is 26.3. The highest BCUT2D eigenvalue weighted by molar-refractivity contribution is 5.95. The predicted molar refractivity (Wildman–Crippen MR) is 79.3 cm³/mol. The summed E-state index contributed by atoms with van der Waals surface area (Å²) in [6, 6.07) is 3.46. The van der Waals surface area contributed by atoms with Crippen LogP contribution in [0.4, 0.5) is 4.39 Å². The van der Waals surface area contributed by atoms with Crippen LogP contribution in [-0.2, 0) is 4.79 Å². The average Bonchev–Trinajstić information content (AvgIpc) is 2.54. The quantitative estimate of drug-likeness (QED) is 0.707. The van der Waals surface area contributed by atoms with Crippen LogP contribution in [0.25, 0.3) is 0 Å². The fourth-order valence-corrected chi connectivity index (χ4v) is 3.44. The van der Waals surface area contributed by atoms with Crippen LogP contribution in [0.3, 0.4) is 0 Å². The molecular formula is C16H19FN2O4. The van der Waals surface area contributed by atoms with Crippen LogP contribution in [0.5, 0.6) is 5.75 Å². The summed E-state index contributed by atoms with van der Waals surface area (Å²) in [5.41, 5.74) is -0.871. The second-order valence-corrected chi connectivity index (χ2v) is 6.21. The molecule has 1 aromatic rings. The first kappa shape index (κ1) is 15.7. The van der Waals surface area contributed by atoms with Gasteiger partial charge in [-0.05, 0) is 37.5 Å². The van der Waals surface area contributed by atoms with E-state index in [9.17, 15) is 24.2 Å². The number of nitrogens with zero attached hydrogens (tertiary/aromatic N) is 1. The number of piperidine rings is 2. The van der Waals surface area contributed by atoms with Crippen molar-refractivity contribution in [1.29, 1.82) is 0 Å². The van der Waals surface area contributed by atoms with Gasteiger partial charge >= 0.3 is 0 Å². The van der Waals surface area contributed by atoms with Crippen molar-refractivity contribution >= 4 is 11.8 Å². The van der Waals surface area contributed by atoms with Gasteiger partial charge in [-0.2, -0.15) is 0 Å². The highest BCUT2D eigenvalue weighted by atomic mass is 19.1. The van der Waals surface area contributed by atoms with E-state index in [1.54, 1.807) is 0 Å². The topological polar surface area (TPSA) is 89.9 Å². The Hall–Kier alpha value is -2.15. The van der Waals surface area contributed by atoms with E-state index in [4.69, 9.17) is 0 Å². The molecule has 2 amide bonds. The van der Waals surface area contributed by atoms with Crippen LogP contribution in [-0.4, -0.2) is 52.7 Å². The van der Waals surface area contributed by atoms with Gasteiger partial charge in [-0.15, -0.1) is 0 Å². The van der Waals surface area contributed by atoms with Gasteiger partial charge < -0.3 is 20.4 Å². The van der Waals surface area contributed by atoms with Gasteiger partial charge in [0.1, 0.15) is 0 Å². The lowest BCUT2D eigenvalue weighted by Gasteiger charge is -2.46. The molecular weight excluding hydrogens is 303 g/mol. The Balaban J connectivity index is 1.84. The first-order valence-corrected chi connectivity index (χ1v) is 7.68. The first-order chi connectivity index (χ1) is 10.9. The second kappa shape index (κ2) is 5.81. The van der Waals surface area contributed by atoms with E-state index in [1.807, 2.05) is 0 Å². The number of rotatable bonds is 1. The standard InChI is InChI=1S/C16H19FN2O4/c17-11-8-10(2-3-12(11)20)14(22)19-7-4-13(21)16(9-19)5-1-6-18-15(16)23/h2-3,8,13,20-21H,1,4-7,9H2,(H,18,23)/t13-,16-/m1/s1. The lowest BCUT2D eigenvalue weighted by atomic mass is 9.71. The van der Waals surface area contributed by atoms with Crippen molar-refractivity contribution in [3.63, 3.8) is 0 Å². The zero-order valence-corrected chi connectivity index (χ0v) is 12.6. The van der Waals surface area contributed by atoms with E-state index in [-0.39, 0.29) is 18.0 Å². The molecule has 2 atom stereocenters. The Morgan fingerprint density at radius 2 is 2.22 bits per heavy atom. The van der Waals surface area contributed by atoms with Gasteiger partial charge in [-0.1, -0.05) is 0 Å². The summed E-state index contributed by atoms with van der Waals surface area (Å²) >= 11 is 0. The van der Waals surface area contributed by atoms with Crippen LogP contribution in [0.2, 0.25) is 0 Å². The van der Waals surface area contributed by atoms with Gasteiger partial charge in [-0.25, -0.2) is 4.39 Å². The van der Waals surface area contributed by atoms with Gasteiger partial charge in [-0.3, -0.25) is 9.59 Å². The number of carbonyl (C=O) groups excluding carboxylic acids is 2. The molecule has 0 aliphatic carbocycles. The average molecular weight is 322 g/mol. The van der Waals surface area contributed by atoms with E-state index < -0.39 is 29.0 Å². The van der Waals surface area contributed by atoms with Gasteiger partial charge in [0.15, 0.2) is 11.6 Å². The van der Waals surface area contributed by atoms with Crippen molar-refractivity contribution in [2.45, 2.75) is 25.4 Å². The molecule has 2 saturated heterocycles. The summed E-state index contributed by atoms with van der Waals surface area (Å²) in [5.74, 6) is -2.02. The third-order valence-electron chi connectivity index (χ3n) is 4.80. The van der Waals surface area contributed by atoms with Crippen LogP contribution < -0.4 is 5.32 Å². The smallest absolute Gasteiger partial charge is 0.253 e. The summed E-state index contributed by atoms with van der Waals surface area (Å²) in [5, 5.41) is 22.3. The number of phenolic OH excluding ortho intramolecular Hbond substituents is 1. The van der Waals surface area contributed by atoms with Crippen LogP contribution in [0.1, 0.15) is 29.6 Å². The monoisotopic (exact) mass is 322 g/mol. The minimum atomic E-state index is -0.985. The number of hydrogen-bond donors (Lipinski definition) is 3. The molecule has 2 fully saturated rings. The maximum Gasteiger partial charge on any atom is 0.253 e. The molecule has 1 aromatic carbocycles. The third kappa shape index (κ3) is 2.65. The predicted octanol–water partition coefficient (Wildman–Crippen LogP) is 0.634. The van der Waals surface area contributed by atoms with Crippen molar-refractivity contribution in [3.8, 4) is 5.75 Å². The van der Waals surface area contributed by atoms with Gasteiger partial charge in [0, 0.05) is 25.2 Å². The number of nitrogens with one attached hydrogen (secondary N) is 1. The molecule has 0 saturated carbocycles. The Morgan fingerprint density at radius 1 is 1.43 bits per heavy atom. The van der Waals surface area contributed by atoms with Crippen molar-refractivity contribution in [3.05, 3.63) is 29.6 Å². The van der Waals surface area contributed by atoms with E-state index in [0.717, 1.165) is 18.6 Å². The zero-order chi connectivity index (χ0) is 16.6. The number of amides is 2. The van der Waals surface area contributed by atoms with Gasteiger partial charge in [0.2, 0.25) is 5.91 Å². The molecule has 0 aromatic heterocycles. The molecule has 0 radical (unpaired) electrons. The number of aromatic hydroxyl groups is 1. The first-order valence-electron chi connectivity index (χ1n) is 7.68. The summed E-state index contributed by atoms with van der Waals surface area (Å²) in [6.07, 6.45) is 0.787. The van der Waals surface area contributed by atoms with E-state index in [2.05, 4.69) is 5.32 Å². The number of aliphatic hydroxyl groups excluding tert-OH is 1. The molecule has 2 heterocycles. The zero-order valence-electron chi connectivity index (χ0n) is 12.6. The molecule has 6 nitrogen and oxygen atoms in total. The molecule has 2 aliphatic rings. The second-order valence-electron chi connectivity index (χ2n) is 6.21. The number of carbonyl (C=O) groups is 2. The number of hydrogen-bond acceptors (Lipinski definition) is 4. The lowest BCUT2D eigenvalue weighted by molar-refractivity contribution is -0.147. The number of benzene rings is 1. The van der Waals surface area contributed by atoms with Crippen LogP contribution in [0, 0.1) is 11.2 Å². The van der Waals surface area contributed by atoms with Crippen molar-refractivity contribution in [2.24, 2.45) is 5.41 Å². The molecule has 3 N–H and O–H groups in total.